The van der Waals surface area contributed by atoms with Crippen molar-refractivity contribution in [2.45, 2.75) is 69.6 Å². The molecule has 0 atom stereocenters. The normalized spacial score (nSPS) is 22.0. The van der Waals surface area contributed by atoms with Gasteiger partial charge in [-0.05, 0) is 50.7 Å². The van der Waals surface area contributed by atoms with Crippen molar-refractivity contribution in [3.8, 4) is 0 Å². The zero-order valence-electron chi connectivity index (χ0n) is 18.1. The minimum atomic E-state index is -0.715. The maximum absolute atomic E-state index is 14.3. The van der Waals surface area contributed by atoms with Crippen molar-refractivity contribution < 1.29 is 18.7 Å². The van der Waals surface area contributed by atoms with E-state index in [1.807, 2.05) is 4.57 Å². The van der Waals surface area contributed by atoms with Crippen LogP contribution < -0.4 is 10.6 Å². The van der Waals surface area contributed by atoms with Gasteiger partial charge in [0.15, 0.2) is 5.65 Å². The molecule has 33 heavy (non-hydrogen) atoms. The average Bonchev–Trinajstić information content (AvgIpc) is 3.15. The number of hydrogen-bond acceptors (Lipinski definition) is 7. The van der Waals surface area contributed by atoms with Crippen LogP contribution >= 0.6 is 0 Å². The fourth-order valence-electron chi connectivity index (χ4n) is 4.69. The predicted octanol–water partition coefficient (Wildman–Crippen LogP) is 4.25. The highest BCUT2D eigenvalue weighted by molar-refractivity contribution is 5.79. The molecule has 2 aromatic heterocycles. The Morgan fingerprint density at radius 1 is 1.03 bits per heavy atom. The van der Waals surface area contributed by atoms with Crippen LogP contribution in [0.5, 0.6) is 0 Å². The number of rotatable bonds is 5. The van der Waals surface area contributed by atoms with Gasteiger partial charge in [0.2, 0.25) is 11.9 Å². The molecule has 0 aliphatic heterocycles. The van der Waals surface area contributed by atoms with Gasteiger partial charge in [-0.2, -0.15) is 4.98 Å². The second-order valence-corrected chi connectivity index (χ2v) is 8.88. The summed E-state index contributed by atoms with van der Waals surface area (Å²) in [5.41, 5.74) is 1.27. The van der Waals surface area contributed by atoms with Crippen molar-refractivity contribution in [3.63, 3.8) is 0 Å². The van der Waals surface area contributed by atoms with Crippen molar-refractivity contribution in [1.29, 1.82) is 0 Å². The van der Waals surface area contributed by atoms with Gasteiger partial charge in [-0.15, -0.1) is 0 Å². The van der Waals surface area contributed by atoms with E-state index < -0.39 is 11.6 Å². The number of halogens is 2. The highest BCUT2D eigenvalue weighted by Gasteiger charge is 2.27. The number of carbonyl (C=O) groups excluding carboxylic acids is 1. The molecule has 0 bridgehead atoms. The zero-order valence-corrected chi connectivity index (χ0v) is 18.1. The molecule has 0 unspecified atom stereocenters. The smallest absolute Gasteiger partial charge is 0.224 e. The van der Waals surface area contributed by atoms with Crippen molar-refractivity contribution in [1.82, 2.24) is 19.5 Å². The monoisotopic (exact) mass is 456 g/mol. The van der Waals surface area contributed by atoms with Crippen LogP contribution in [0.1, 0.15) is 57.4 Å². The van der Waals surface area contributed by atoms with E-state index in [-0.39, 0.29) is 29.7 Å². The maximum atomic E-state index is 14.3. The fraction of sp³-hybridized carbons (Fsp3) is 0.478. The van der Waals surface area contributed by atoms with Gasteiger partial charge >= 0.3 is 0 Å². The largest absolute Gasteiger partial charge is 0.393 e. The summed E-state index contributed by atoms with van der Waals surface area (Å²) in [6.45, 7) is 0. The summed E-state index contributed by atoms with van der Waals surface area (Å²) in [5, 5.41) is 16.3. The number of aliphatic hydroxyl groups is 1. The van der Waals surface area contributed by atoms with Crippen LogP contribution in [0.4, 0.5) is 26.4 Å². The summed E-state index contributed by atoms with van der Waals surface area (Å²) in [6, 6.07) is 3.49. The standard InChI is InChI=1S/C23H26F2N6O2/c24-13-1-10-19(18(25)11-13)28-23-29-20-12-26-22(27-14-2-6-16(32)7-3-14)30-21(20)31(23)15-4-8-17(33)9-5-15/h1,10-12,14-15,17,33H,2-9H2,(H,28,29)(H,26,27,30)/t15-,17+. The molecule has 0 saturated heterocycles. The first-order valence-electron chi connectivity index (χ1n) is 11.4. The highest BCUT2D eigenvalue weighted by atomic mass is 19.1. The molecule has 2 fully saturated rings. The lowest BCUT2D eigenvalue weighted by molar-refractivity contribution is -0.120. The molecule has 0 radical (unpaired) electrons. The molecule has 2 heterocycles. The number of nitrogens with one attached hydrogen (secondary N) is 2. The third-order valence-electron chi connectivity index (χ3n) is 6.52. The summed E-state index contributed by atoms with van der Waals surface area (Å²) in [7, 11) is 0. The molecule has 0 spiro atoms. The Balaban J connectivity index is 1.50. The van der Waals surface area contributed by atoms with Crippen LogP contribution in [0, 0.1) is 11.6 Å². The molecule has 5 rings (SSSR count). The lowest BCUT2D eigenvalue weighted by Gasteiger charge is -2.28. The molecule has 2 saturated carbocycles. The first-order valence-corrected chi connectivity index (χ1v) is 11.4. The van der Waals surface area contributed by atoms with Crippen LogP contribution in [-0.2, 0) is 4.79 Å². The Kier molecular flexibility index (Phi) is 5.92. The van der Waals surface area contributed by atoms with E-state index in [4.69, 9.17) is 4.98 Å². The number of benzene rings is 1. The van der Waals surface area contributed by atoms with E-state index in [1.165, 1.54) is 12.1 Å². The van der Waals surface area contributed by atoms with E-state index >= 15 is 0 Å². The Morgan fingerprint density at radius 3 is 2.52 bits per heavy atom. The average molecular weight is 456 g/mol. The number of fused-ring (bicyclic) bond motifs is 1. The van der Waals surface area contributed by atoms with Gasteiger partial charge in [-0.25, -0.2) is 18.7 Å². The first kappa shape index (κ1) is 21.7. The minimum Gasteiger partial charge on any atom is -0.393 e. The van der Waals surface area contributed by atoms with Crippen LogP contribution in [0.3, 0.4) is 0 Å². The van der Waals surface area contributed by atoms with Crippen LogP contribution in [0.2, 0.25) is 0 Å². The molecular weight excluding hydrogens is 430 g/mol. The highest BCUT2D eigenvalue weighted by Crippen LogP contribution is 2.35. The van der Waals surface area contributed by atoms with Crippen molar-refractivity contribution in [3.05, 3.63) is 36.0 Å². The Bertz CT molecular complexity index is 1170. The number of aliphatic hydroxyl groups excluding tert-OH is 1. The van der Waals surface area contributed by atoms with Crippen molar-refractivity contribution in [2.75, 3.05) is 10.6 Å². The third-order valence-corrected chi connectivity index (χ3v) is 6.52. The molecule has 1 aromatic carbocycles. The van der Waals surface area contributed by atoms with Gasteiger partial charge < -0.3 is 15.7 Å². The summed E-state index contributed by atoms with van der Waals surface area (Å²) in [6.07, 6.45) is 6.66. The Morgan fingerprint density at radius 2 is 1.79 bits per heavy atom. The topological polar surface area (TPSA) is 105 Å². The summed E-state index contributed by atoms with van der Waals surface area (Å²) >= 11 is 0. The van der Waals surface area contributed by atoms with Gasteiger partial charge in [0, 0.05) is 31.0 Å². The molecule has 10 heteroatoms. The van der Waals surface area contributed by atoms with E-state index in [9.17, 15) is 18.7 Å². The fourth-order valence-corrected chi connectivity index (χ4v) is 4.69. The van der Waals surface area contributed by atoms with E-state index in [0.717, 1.165) is 31.7 Å². The molecule has 174 valence electrons. The van der Waals surface area contributed by atoms with Crippen LogP contribution in [-0.4, -0.2) is 42.6 Å². The molecule has 3 aromatic rings. The molecule has 2 aliphatic rings. The lowest BCUT2D eigenvalue weighted by Crippen LogP contribution is -2.27. The second-order valence-electron chi connectivity index (χ2n) is 8.88. The Labute approximate surface area is 189 Å². The van der Waals surface area contributed by atoms with Gasteiger partial charge in [0.25, 0.3) is 0 Å². The SMILES string of the molecule is O=C1CCC(Nc2ncc3nc(Nc4ccc(F)cc4F)n([C@H]4CC[C@@H](O)CC4)c3n2)CC1. The number of aromatic nitrogens is 4. The summed E-state index contributed by atoms with van der Waals surface area (Å²) in [4.78, 5) is 25.2. The molecule has 0 amide bonds. The third kappa shape index (κ3) is 4.66. The molecule has 2 aliphatic carbocycles. The minimum absolute atomic E-state index is 0.0134. The predicted molar refractivity (Wildman–Crippen MR) is 119 cm³/mol. The molecule has 8 nitrogen and oxygen atoms in total. The van der Waals surface area contributed by atoms with Crippen LogP contribution in [0.25, 0.3) is 11.2 Å². The van der Waals surface area contributed by atoms with Gasteiger partial charge in [-0.3, -0.25) is 9.36 Å². The van der Waals surface area contributed by atoms with E-state index in [2.05, 4.69) is 20.6 Å². The van der Waals surface area contributed by atoms with Crippen molar-refractivity contribution >= 4 is 34.5 Å². The number of carbonyl (C=O) groups is 1. The van der Waals surface area contributed by atoms with Gasteiger partial charge in [0.05, 0.1) is 18.0 Å². The lowest BCUT2D eigenvalue weighted by atomic mass is 9.93. The van der Waals surface area contributed by atoms with Gasteiger partial charge in [-0.1, -0.05) is 0 Å². The maximum Gasteiger partial charge on any atom is 0.224 e. The first-order chi connectivity index (χ1) is 16.0. The zero-order chi connectivity index (χ0) is 22.9. The Hall–Kier alpha value is -3.14. The van der Waals surface area contributed by atoms with Crippen LogP contribution in [0.15, 0.2) is 24.4 Å². The number of Topliss-reactive ketones (excluding diaryl/α,β-unsaturated/α-hetero) is 1. The van der Waals surface area contributed by atoms with E-state index in [1.54, 1.807) is 6.20 Å². The summed E-state index contributed by atoms with van der Waals surface area (Å²) < 4.78 is 29.6. The molecular formula is C23H26F2N6O2. The van der Waals surface area contributed by atoms with Gasteiger partial charge in [0.1, 0.15) is 22.9 Å². The number of anilines is 3. The number of imidazole rings is 1. The van der Waals surface area contributed by atoms with E-state index in [0.29, 0.717) is 48.7 Å². The summed E-state index contributed by atoms with van der Waals surface area (Å²) in [5.74, 6) is -0.234. The quantitative estimate of drug-likeness (QED) is 0.527. The second kappa shape index (κ2) is 9.01. The van der Waals surface area contributed by atoms with Crippen molar-refractivity contribution in [2.24, 2.45) is 0 Å². The number of nitrogens with zero attached hydrogens (tertiary/aromatic N) is 4. The number of ketones is 1. The molecule has 3 N–H and O–H groups in total. The number of hydrogen-bond donors (Lipinski definition) is 3.